The Kier molecular flexibility index (Phi) is 11.3. The van der Waals surface area contributed by atoms with Crippen molar-refractivity contribution >= 4 is 0 Å². The molecule has 0 aromatic heterocycles. The second-order valence-electron chi connectivity index (χ2n) is 7.86. The van der Waals surface area contributed by atoms with E-state index in [0.717, 1.165) is 12.8 Å². The van der Waals surface area contributed by atoms with E-state index in [-0.39, 0.29) is 13.2 Å². The number of hydrogen-bond donors (Lipinski definition) is 6. The topological polar surface area (TPSA) is 158 Å². The maximum atomic E-state index is 10.2. The molecule has 2 aliphatic rings. The highest BCUT2D eigenvalue weighted by molar-refractivity contribution is 5.25. The van der Waals surface area contributed by atoms with E-state index in [0.29, 0.717) is 12.8 Å². The molecule has 10 nitrogen and oxygen atoms in total. The van der Waals surface area contributed by atoms with E-state index in [9.17, 15) is 30.6 Å². The van der Waals surface area contributed by atoms with Gasteiger partial charge in [0.25, 0.3) is 0 Å². The predicted molar refractivity (Wildman–Crippen MR) is 111 cm³/mol. The molecule has 0 aromatic carbocycles. The third kappa shape index (κ3) is 7.37. The van der Waals surface area contributed by atoms with Gasteiger partial charge in [0.1, 0.15) is 42.7 Å². The Morgan fingerprint density at radius 2 is 1.31 bits per heavy atom. The highest BCUT2D eigenvalue weighted by atomic mass is 16.7. The minimum atomic E-state index is -1.54. The summed E-state index contributed by atoms with van der Waals surface area (Å²) in [6.45, 7) is 3.41. The molecule has 2 saturated heterocycles. The maximum absolute atomic E-state index is 10.2. The van der Waals surface area contributed by atoms with E-state index in [2.05, 4.69) is 23.7 Å². The number of ether oxygens (including phenoxy) is 4. The van der Waals surface area contributed by atoms with Crippen LogP contribution in [0.3, 0.4) is 0 Å². The van der Waals surface area contributed by atoms with E-state index in [4.69, 9.17) is 18.9 Å². The fraction of sp³-hybridized carbons (Fsp3) is 0.818. The van der Waals surface area contributed by atoms with Gasteiger partial charge in [0.15, 0.2) is 12.6 Å². The molecule has 182 valence electrons. The summed E-state index contributed by atoms with van der Waals surface area (Å²) in [5.74, 6) is 11.3. The number of unbranched alkanes of at least 4 members (excludes halogenated alkanes) is 2. The van der Waals surface area contributed by atoms with Gasteiger partial charge in [-0.3, -0.25) is 0 Å². The second kappa shape index (κ2) is 13.4. The minimum absolute atomic E-state index is 0.196. The first-order valence-corrected chi connectivity index (χ1v) is 10.9. The van der Waals surface area contributed by atoms with Crippen LogP contribution in [0.2, 0.25) is 0 Å². The largest absolute Gasteiger partial charge is 0.388 e. The molecule has 10 heteroatoms. The Bertz CT molecular complexity index is 680. The Labute approximate surface area is 188 Å². The molecule has 6 N–H and O–H groups in total. The van der Waals surface area contributed by atoms with Crippen molar-refractivity contribution in [1.29, 1.82) is 0 Å². The zero-order valence-corrected chi connectivity index (χ0v) is 18.3. The van der Waals surface area contributed by atoms with Crippen LogP contribution in [0.15, 0.2) is 0 Å². The van der Waals surface area contributed by atoms with Gasteiger partial charge in [0, 0.05) is 12.8 Å². The normalized spacial score (nSPS) is 39.5. The lowest BCUT2D eigenvalue weighted by Crippen LogP contribution is -2.61. The quantitative estimate of drug-likeness (QED) is 0.182. The molecule has 2 rings (SSSR count). The van der Waals surface area contributed by atoms with Crippen LogP contribution in [0.4, 0.5) is 0 Å². The molecule has 0 bridgehead atoms. The Morgan fingerprint density at radius 1 is 0.719 bits per heavy atom. The summed E-state index contributed by atoms with van der Waals surface area (Å²) in [5, 5.41) is 60.1. The maximum Gasteiger partial charge on any atom is 0.186 e. The highest BCUT2D eigenvalue weighted by Crippen LogP contribution is 2.25. The van der Waals surface area contributed by atoms with Crippen LogP contribution < -0.4 is 0 Å². The molecule has 10 unspecified atom stereocenters. The van der Waals surface area contributed by atoms with Gasteiger partial charge in [0.05, 0.1) is 19.3 Å². The van der Waals surface area contributed by atoms with Crippen LogP contribution in [0, 0.1) is 23.7 Å². The molecule has 0 aromatic rings. The van der Waals surface area contributed by atoms with Crippen molar-refractivity contribution in [2.45, 2.75) is 101 Å². The van der Waals surface area contributed by atoms with E-state index >= 15 is 0 Å². The van der Waals surface area contributed by atoms with E-state index < -0.39 is 61.4 Å². The number of rotatable bonds is 8. The fourth-order valence-electron chi connectivity index (χ4n) is 3.23. The first-order chi connectivity index (χ1) is 15.3. The average Bonchev–Trinajstić information content (AvgIpc) is 2.78. The van der Waals surface area contributed by atoms with Crippen LogP contribution in [-0.2, 0) is 18.9 Å². The van der Waals surface area contributed by atoms with Gasteiger partial charge in [-0.15, -0.1) is 0 Å². The summed E-state index contributed by atoms with van der Waals surface area (Å²) in [7, 11) is 0. The molecular weight excluding hydrogens is 424 g/mol. The van der Waals surface area contributed by atoms with Gasteiger partial charge in [-0.05, 0) is 31.6 Å². The van der Waals surface area contributed by atoms with Crippen molar-refractivity contribution in [2.75, 3.05) is 13.2 Å². The van der Waals surface area contributed by atoms with Gasteiger partial charge >= 0.3 is 0 Å². The number of hydrogen-bond acceptors (Lipinski definition) is 10. The first-order valence-electron chi connectivity index (χ1n) is 10.9. The lowest BCUT2D eigenvalue weighted by molar-refractivity contribution is -0.328. The lowest BCUT2D eigenvalue weighted by atomic mass is 9.98. The van der Waals surface area contributed by atoms with Crippen molar-refractivity contribution in [1.82, 2.24) is 0 Å². The molecule has 0 radical (unpaired) electrons. The Morgan fingerprint density at radius 3 is 1.97 bits per heavy atom. The van der Waals surface area contributed by atoms with Gasteiger partial charge in [-0.25, -0.2) is 0 Å². The Hall–Kier alpha value is -1.28. The van der Waals surface area contributed by atoms with Gasteiger partial charge in [0.2, 0.25) is 0 Å². The van der Waals surface area contributed by atoms with Crippen LogP contribution in [0.1, 0.15) is 39.5 Å². The summed E-state index contributed by atoms with van der Waals surface area (Å²) in [5.41, 5.74) is 0. The summed E-state index contributed by atoms with van der Waals surface area (Å²) in [4.78, 5) is 0. The molecular formula is C22H34O10. The lowest BCUT2D eigenvalue weighted by Gasteiger charge is -2.42. The first kappa shape index (κ1) is 27.0. The van der Waals surface area contributed by atoms with Crippen LogP contribution >= 0.6 is 0 Å². The summed E-state index contributed by atoms with van der Waals surface area (Å²) in [6.07, 6.45) is -10.2. The Balaban J connectivity index is 1.82. The van der Waals surface area contributed by atoms with E-state index in [1.807, 2.05) is 6.92 Å². The second-order valence-corrected chi connectivity index (χ2v) is 7.86. The molecule has 0 aliphatic carbocycles. The number of aliphatic hydroxyl groups is 6. The third-order valence-corrected chi connectivity index (χ3v) is 5.24. The molecule has 2 fully saturated rings. The summed E-state index contributed by atoms with van der Waals surface area (Å²) >= 11 is 0. The fourth-order valence-corrected chi connectivity index (χ4v) is 3.23. The van der Waals surface area contributed by atoms with E-state index in [1.54, 1.807) is 0 Å². The highest BCUT2D eigenvalue weighted by Gasteiger charge is 2.46. The molecule has 2 aliphatic heterocycles. The van der Waals surface area contributed by atoms with Crippen molar-refractivity contribution in [3.8, 4) is 23.7 Å². The van der Waals surface area contributed by atoms with Crippen LogP contribution in [0.5, 0.6) is 0 Å². The van der Waals surface area contributed by atoms with E-state index in [1.165, 1.54) is 6.92 Å². The zero-order valence-electron chi connectivity index (χ0n) is 18.3. The molecule has 10 atom stereocenters. The van der Waals surface area contributed by atoms with Crippen LogP contribution in [-0.4, -0.2) is 105 Å². The van der Waals surface area contributed by atoms with Gasteiger partial charge < -0.3 is 49.6 Å². The summed E-state index contributed by atoms with van der Waals surface area (Å²) < 4.78 is 21.8. The molecule has 32 heavy (non-hydrogen) atoms. The average molecular weight is 459 g/mol. The standard InChI is InChI=1S/C22H34O10/c1-3-4-5-6-7-8-9-10-11-29-21-20(28)18(26)16(24)14(32-21)12-30-22-19(27)17(25)15(23)13(2)31-22/h13-28H,3-4,9-12H2,1-2H3. The van der Waals surface area contributed by atoms with Crippen molar-refractivity contribution in [3.63, 3.8) is 0 Å². The molecule has 2 heterocycles. The van der Waals surface area contributed by atoms with Gasteiger partial charge in [-0.2, -0.15) is 0 Å². The van der Waals surface area contributed by atoms with Crippen molar-refractivity contribution in [3.05, 3.63) is 0 Å². The molecule has 0 amide bonds. The van der Waals surface area contributed by atoms with Gasteiger partial charge in [-0.1, -0.05) is 18.8 Å². The smallest absolute Gasteiger partial charge is 0.186 e. The summed E-state index contributed by atoms with van der Waals surface area (Å²) in [6, 6.07) is 0. The predicted octanol–water partition coefficient (Wildman–Crippen LogP) is -1.76. The van der Waals surface area contributed by atoms with Crippen LogP contribution in [0.25, 0.3) is 0 Å². The van der Waals surface area contributed by atoms with Crippen molar-refractivity contribution < 1.29 is 49.6 Å². The number of aliphatic hydroxyl groups excluding tert-OH is 6. The minimum Gasteiger partial charge on any atom is -0.388 e. The molecule has 0 spiro atoms. The molecule has 0 saturated carbocycles. The zero-order chi connectivity index (χ0) is 23.7. The van der Waals surface area contributed by atoms with Crippen molar-refractivity contribution in [2.24, 2.45) is 0 Å². The third-order valence-electron chi connectivity index (χ3n) is 5.24. The SMILES string of the molecule is CCCC#CC#CCCCOC1OC(COC2OC(C)C(O)C(O)C2O)C(O)C(O)C1O. The monoisotopic (exact) mass is 458 g/mol.